The fourth-order valence-electron chi connectivity index (χ4n) is 2.72. The van der Waals surface area contributed by atoms with Crippen LogP contribution in [-0.4, -0.2) is 43.1 Å². The molecule has 2 rings (SSSR count). The van der Waals surface area contributed by atoms with Gasteiger partial charge in [-0.25, -0.2) is 0 Å². The van der Waals surface area contributed by atoms with Gasteiger partial charge in [0, 0.05) is 20.1 Å². The molecule has 1 aliphatic rings. The third kappa shape index (κ3) is 6.45. The Labute approximate surface area is 142 Å². The quantitative estimate of drug-likeness (QED) is 0.387. The van der Waals surface area contributed by atoms with Crippen LogP contribution in [0.5, 0.6) is 5.75 Å². The highest BCUT2D eigenvalue weighted by molar-refractivity contribution is 5.28. The molecule has 2 N–H and O–H groups in total. The van der Waals surface area contributed by atoms with Crippen molar-refractivity contribution in [1.82, 2.24) is 15.5 Å². The molecule has 1 aromatic rings. The van der Waals surface area contributed by atoms with Gasteiger partial charge in [-0.15, -0.1) is 0 Å². The summed E-state index contributed by atoms with van der Waals surface area (Å²) in [4.78, 5) is 12.4. The highest BCUT2D eigenvalue weighted by Gasteiger charge is 2.11. The smallest absolute Gasteiger partial charge is 0.274 e. The fourth-order valence-corrected chi connectivity index (χ4v) is 2.72. The summed E-state index contributed by atoms with van der Waals surface area (Å²) >= 11 is 0. The van der Waals surface area contributed by atoms with Crippen LogP contribution < -0.4 is 15.4 Å². The third-order valence-corrected chi connectivity index (χ3v) is 3.91. The molecule has 0 aliphatic carbocycles. The Morgan fingerprint density at radius 2 is 2.21 bits per heavy atom. The Balaban J connectivity index is 1.69. The van der Waals surface area contributed by atoms with Crippen molar-refractivity contribution in [3.05, 3.63) is 52.0 Å². The molecule has 0 radical (unpaired) electrons. The second-order valence-electron chi connectivity index (χ2n) is 5.84. The van der Waals surface area contributed by atoms with E-state index >= 15 is 0 Å². The van der Waals surface area contributed by atoms with Gasteiger partial charge in [-0.3, -0.25) is 15.0 Å². The summed E-state index contributed by atoms with van der Waals surface area (Å²) in [6.07, 6.45) is 4.27. The van der Waals surface area contributed by atoms with Gasteiger partial charge in [-0.05, 0) is 50.0 Å². The summed E-state index contributed by atoms with van der Waals surface area (Å²) in [7, 11) is 1.64. The number of nitro groups is 1. The van der Waals surface area contributed by atoms with Crippen molar-refractivity contribution >= 4 is 0 Å². The molecule has 1 fully saturated rings. The van der Waals surface area contributed by atoms with E-state index in [1.165, 1.54) is 31.5 Å². The summed E-state index contributed by atoms with van der Waals surface area (Å²) in [6.45, 7) is 4.52. The van der Waals surface area contributed by atoms with Crippen molar-refractivity contribution in [3.63, 3.8) is 0 Å². The first-order valence-electron chi connectivity index (χ1n) is 8.38. The van der Waals surface area contributed by atoms with Crippen LogP contribution in [-0.2, 0) is 6.54 Å². The van der Waals surface area contributed by atoms with E-state index in [0.29, 0.717) is 19.0 Å². The first-order valence-corrected chi connectivity index (χ1v) is 8.38. The zero-order valence-electron chi connectivity index (χ0n) is 14.2. The number of nitrogens with one attached hydrogen (secondary N) is 2. The Hall–Kier alpha value is -2.28. The van der Waals surface area contributed by atoms with Gasteiger partial charge >= 0.3 is 0 Å². The van der Waals surface area contributed by atoms with Gasteiger partial charge < -0.3 is 15.4 Å². The SMILES string of the molecule is CN/C(=C/[N+](=O)[O-])NCCCOc1cccc(CN2CCCC2)c1. The minimum Gasteiger partial charge on any atom is -0.494 e. The van der Waals surface area contributed by atoms with E-state index in [4.69, 9.17) is 4.74 Å². The van der Waals surface area contributed by atoms with E-state index < -0.39 is 4.92 Å². The van der Waals surface area contributed by atoms with Crippen LogP contribution >= 0.6 is 0 Å². The maximum Gasteiger partial charge on any atom is 0.274 e. The predicted octanol–water partition coefficient (Wildman–Crippen LogP) is 1.94. The second-order valence-corrected chi connectivity index (χ2v) is 5.84. The molecule has 1 aliphatic heterocycles. The number of ether oxygens (including phenoxy) is 1. The molecule has 0 atom stereocenters. The molecule has 0 amide bonds. The molecule has 132 valence electrons. The lowest BCUT2D eigenvalue weighted by molar-refractivity contribution is -0.404. The normalized spacial score (nSPS) is 15.3. The lowest BCUT2D eigenvalue weighted by atomic mass is 10.2. The van der Waals surface area contributed by atoms with E-state index in [9.17, 15) is 10.1 Å². The van der Waals surface area contributed by atoms with E-state index in [2.05, 4.69) is 27.7 Å². The highest BCUT2D eigenvalue weighted by atomic mass is 16.6. The number of hydrogen-bond donors (Lipinski definition) is 2. The first kappa shape index (κ1) is 18.1. The summed E-state index contributed by atoms with van der Waals surface area (Å²) in [6, 6.07) is 8.22. The number of rotatable bonds is 10. The number of nitrogens with zero attached hydrogens (tertiary/aromatic N) is 2. The molecular formula is C17H26N4O3. The molecule has 24 heavy (non-hydrogen) atoms. The van der Waals surface area contributed by atoms with Gasteiger partial charge in [-0.2, -0.15) is 0 Å². The maximum atomic E-state index is 10.4. The number of benzene rings is 1. The molecule has 0 aromatic heterocycles. The molecule has 7 heteroatoms. The molecular weight excluding hydrogens is 308 g/mol. The monoisotopic (exact) mass is 334 g/mol. The maximum absolute atomic E-state index is 10.4. The van der Waals surface area contributed by atoms with Gasteiger partial charge in [0.1, 0.15) is 5.75 Å². The molecule has 7 nitrogen and oxygen atoms in total. The number of likely N-dealkylation sites (tertiary alicyclic amines) is 1. The predicted molar refractivity (Wildman–Crippen MR) is 93.2 cm³/mol. The Kier molecular flexibility index (Phi) is 7.35. The summed E-state index contributed by atoms with van der Waals surface area (Å²) in [5, 5.41) is 16.1. The summed E-state index contributed by atoms with van der Waals surface area (Å²) < 4.78 is 5.78. The van der Waals surface area contributed by atoms with Crippen molar-refractivity contribution in [3.8, 4) is 5.75 Å². The lowest BCUT2D eigenvalue weighted by Gasteiger charge is -2.15. The van der Waals surface area contributed by atoms with Gasteiger partial charge in [0.05, 0.1) is 11.5 Å². The zero-order valence-corrected chi connectivity index (χ0v) is 14.2. The van der Waals surface area contributed by atoms with Crippen LogP contribution in [0.3, 0.4) is 0 Å². The van der Waals surface area contributed by atoms with Gasteiger partial charge in [0.15, 0.2) is 5.82 Å². The van der Waals surface area contributed by atoms with Crippen molar-refractivity contribution < 1.29 is 9.66 Å². The Morgan fingerprint density at radius 3 is 2.92 bits per heavy atom. The molecule has 1 heterocycles. The van der Waals surface area contributed by atoms with Crippen LogP contribution in [0.4, 0.5) is 0 Å². The molecule has 0 saturated carbocycles. The highest BCUT2D eigenvalue weighted by Crippen LogP contribution is 2.17. The summed E-state index contributed by atoms with van der Waals surface area (Å²) in [5.41, 5.74) is 1.28. The fraction of sp³-hybridized carbons (Fsp3) is 0.529. The van der Waals surface area contributed by atoms with Gasteiger partial charge in [-0.1, -0.05) is 12.1 Å². The van der Waals surface area contributed by atoms with Crippen molar-refractivity contribution in [2.24, 2.45) is 0 Å². The average Bonchev–Trinajstić information content (AvgIpc) is 3.06. The van der Waals surface area contributed by atoms with Crippen LogP contribution in [0.2, 0.25) is 0 Å². The third-order valence-electron chi connectivity index (χ3n) is 3.91. The molecule has 1 aromatic carbocycles. The lowest BCUT2D eigenvalue weighted by Crippen LogP contribution is -2.26. The van der Waals surface area contributed by atoms with Gasteiger partial charge in [0.25, 0.3) is 6.20 Å². The zero-order chi connectivity index (χ0) is 17.2. The van der Waals surface area contributed by atoms with Crippen LogP contribution in [0.15, 0.2) is 36.3 Å². The first-order chi connectivity index (χ1) is 11.7. The molecule has 0 bridgehead atoms. The summed E-state index contributed by atoms with van der Waals surface area (Å²) in [5.74, 6) is 1.27. The van der Waals surface area contributed by atoms with E-state index in [0.717, 1.165) is 24.9 Å². The number of hydrogen-bond acceptors (Lipinski definition) is 6. The molecule has 0 spiro atoms. The van der Waals surface area contributed by atoms with E-state index in [1.54, 1.807) is 7.05 Å². The van der Waals surface area contributed by atoms with Crippen LogP contribution in [0.25, 0.3) is 0 Å². The van der Waals surface area contributed by atoms with E-state index in [1.807, 2.05) is 12.1 Å². The standard InChI is InChI=1S/C17H26N4O3/c1-18-17(14-21(22)23)19-8-5-11-24-16-7-4-6-15(12-16)13-20-9-2-3-10-20/h4,6-7,12,14,18-19H,2-3,5,8-11,13H2,1H3/b17-14-. The molecule has 0 unspecified atom stereocenters. The van der Waals surface area contributed by atoms with Crippen molar-refractivity contribution in [2.45, 2.75) is 25.8 Å². The van der Waals surface area contributed by atoms with Crippen molar-refractivity contribution in [1.29, 1.82) is 0 Å². The van der Waals surface area contributed by atoms with E-state index in [-0.39, 0.29) is 0 Å². The Bertz CT molecular complexity index is 557. The minimum atomic E-state index is -0.485. The Morgan fingerprint density at radius 1 is 1.42 bits per heavy atom. The molecule has 1 saturated heterocycles. The topological polar surface area (TPSA) is 79.7 Å². The van der Waals surface area contributed by atoms with Gasteiger partial charge in [0.2, 0.25) is 0 Å². The van der Waals surface area contributed by atoms with Crippen LogP contribution in [0, 0.1) is 10.1 Å². The largest absolute Gasteiger partial charge is 0.494 e. The van der Waals surface area contributed by atoms with Crippen LogP contribution in [0.1, 0.15) is 24.8 Å². The minimum absolute atomic E-state index is 0.396. The van der Waals surface area contributed by atoms with Crippen molar-refractivity contribution in [2.75, 3.05) is 33.3 Å². The average molecular weight is 334 g/mol. The second kappa shape index (κ2) is 9.77.